The van der Waals surface area contributed by atoms with Gasteiger partial charge in [-0.2, -0.15) is 0 Å². The van der Waals surface area contributed by atoms with Crippen LogP contribution in [0.5, 0.6) is 0 Å². The highest BCUT2D eigenvalue weighted by molar-refractivity contribution is 5.93. The minimum Gasteiger partial charge on any atom is -0.467 e. The van der Waals surface area contributed by atoms with E-state index in [2.05, 4.69) is 16.0 Å². The maximum Gasteiger partial charge on any atom is 0.328 e. The first-order valence-corrected chi connectivity index (χ1v) is 14.6. The molecule has 228 valence electrons. The summed E-state index contributed by atoms with van der Waals surface area (Å²) in [5.74, 6) is -1.68. The summed E-state index contributed by atoms with van der Waals surface area (Å²) in [6.07, 6.45) is 1.53. The molecule has 10 nitrogen and oxygen atoms in total. The predicted molar refractivity (Wildman–Crippen MR) is 159 cm³/mol. The molecule has 1 aliphatic heterocycles. The van der Waals surface area contributed by atoms with Crippen LogP contribution in [-0.4, -0.2) is 86.7 Å². The Balaban J connectivity index is 1.72. The van der Waals surface area contributed by atoms with Crippen molar-refractivity contribution in [3.63, 3.8) is 0 Å². The van der Waals surface area contributed by atoms with Gasteiger partial charge < -0.3 is 25.4 Å². The van der Waals surface area contributed by atoms with Crippen LogP contribution in [0, 0.1) is 5.92 Å². The lowest BCUT2D eigenvalue weighted by molar-refractivity contribution is -0.145. The van der Waals surface area contributed by atoms with E-state index in [1.165, 1.54) is 7.11 Å². The van der Waals surface area contributed by atoms with Gasteiger partial charge in [0, 0.05) is 19.5 Å². The Bertz CT molecular complexity index is 1140. The number of carbonyl (C=O) groups excluding carboxylic acids is 4. The quantitative estimate of drug-likeness (QED) is 0.275. The fraction of sp³-hybridized carbons (Fsp3) is 0.500. The number of carbonyl (C=O) groups is 4. The number of methoxy groups -OCH3 is 1. The Hall–Kier alpha value is -3.76. The average Bonchev–Trinajstić information content (AvgIpc) is 2.99. The summed E-state index contributed by atoms with van der Waals surface area (Å²) in [7, 11) is 1.27. The molecular weight excluding hydrogens is 536 g/mol. The predicted octanol–water partition coefficient (Wildman–Crippen LogP) is 1.87. The van der Waals surface area contributed by atoms with Crippen molar-refractivity contribution < 1.29 is 28.7 Å². The molecule has 1 heterocycles. The van der Waals surface area contributed by atoms with Gasteiger partial charge in [0.2, 0.25) is 17.7 Å². The standard InChI is InChI=1S/C32H44N4O6/c1-23(2)20-27(31(39)35-28(32(40)41-3)21-25-12-8-5-9-13-25)34-30(38)26(15-14-24-10-6-4-7-11-24)33-29(37)22-36-16-18-42-19-17-36/h4-13,23,26-28H,14-22H2,1-3H3,(H,33,37)(H,34,38)(H,35,39)/t26?,27?,28-/m0/s1. The van der Waals surface area contributed by atoms with Crippen LogP contribution in [0.15, 0.2) is 60.7 Å². The molecule has 3 amide bonds. The molecule has 3 atom stereocenters. The van der Waals surface area contributed by atoms with Crippen molar-refractivity contribution in [2.75, 3.05) is 40.0 Å². The van der Waals surface area contributed by atoms with E-state index in [0.29, 0.717) is 45.6 Å². The van der Waals surface area contributed by atoms with Gasteiger partial charge >= 0.3 is 5.97 Å². The van der Waals surface area contributed by atoms with Gasteiger partial charge in [-0.05, 0) is 36.3 Å². The Kier molecular flexibility index (Phi) is 13.5. The minimum absolute atomic E-state index is 0.0745. The van der Waals surface area contributed by atoms with Crippen LogP contribution in [0.25, 0.3) is 0 Å². The average molecular weight is 581 g/mol. The van der Waals surface area contributed by atoms with Crippen molar-refractivity contribution in [3.8, 4) is 0 Å². The van der Waals surface area contributed by atoms with Crippen molar-refractivity contribution in [1.82, 2.24) is 20.9 Å². The number of morpholine rings is 1. The van der Waals surface area contributed by atoms with Gasteiger partial charge in [0.05, 0.1) is 26.9 Å². The molecule has 0 saturated carbocycles. The fourth-order valence-electron chi connectivity index (χ4n) is 4.86. The Morgan fingerprint density at radius 1 is 0.810 bits per heavy atom. The lowest BCUT2D eigenvalue weighted by Gasteiger charge is -2.28. The molecule has 1 saturated heterocycles. The van der Waals surface area contributed by atoms with Crippen LogP contribution in [0.1, 0.15) is 37.8 Å². The van der Waals surface area contributed by atoms with Crippen LogP contribution < -0.4 is 16.0 Å². The molecule has 0 spiro atoms. The smallest absolute Gasteiger partial charge is 0.328 e. The Morgan fingerprint density at radius 2 is 1.38 bits per heavy atom. The Morgan fingerprint density at radius 3 is 1.98 bits per heavy atom. The first-order chi connectivity index (χ1) is 20.2. The third-order valence-electron chi connectivity index (χ3n) is 7.11. The van der Waals surface area contributed by atoms with E-state index in [0.717, 1.165) is 11.1 Å². The summed E-state index contributed by atoms with van der Waals surface area (Å²) >= 11 is 0. The number of hydrogen-bond acceptors (Lipinski definition) is 7. The lowest BCUT2D eigenvalue weighted by Crippen LogP contribution is -2.57. The van der Waals surface area contributed by atoms with Crippen LogP contribution >= 0.6 is 0 Å². The van der Waals surface area contributed by atoms with Gasteiger partial charge in [0.25, 0.3) is 0 Å². The highest BCUT2D eigenvalue weighted by atomic mass is 16.5. The number of amides is 3. The summed E-state index contributed by atoms with van der Waals surface area (Å²) in [6.45, 7) is 6.48. The summed E-state index contributed by atoms with van der Waals surface area (Å²) in [6, 6.07) is 16.4. The SMILES string of the molecule is COC(=O)[C@H](Cc1ccccc1)NC(=O)C(CC(C)C)NC(=O)C(CCc1ccccc1)NC(=O)CN1CCOCC1. The normalized spacial score (nSPS) is 15.7. The highest BCUT2D eigenvalue weighted by Gasteiger charge is 2.31. The first-order valence-electron chi connectivity index (χ1n) is 14.6. The monoisotopic (exact) mass is 580 g/mol. The Labute approximate surface area is 248 Å². The molecule has 1 fully saturated rings. The molecule has 2 unspecified atom stereocenters. The van der Waals surface area contributed by atoms with Gasteiger partial charge in [-0.25, -0.2) is 4.79 Å². The van der Waals surface area contributed by atoms with Gasteiger partial charge in [0.15, 0.2) is 0 Å². The van der Waals surface area contributed by atoms with Gasteiger partial charge in [-0.1, -0.05) is 74.5 Å². The third kappa shape index (κ3) is 11.3. The second kappa shape index (κ2) is 17.3. The molecule has 2 aromatic carbocycles. The number of esters is 1. The fourth-order valence-corrected chi connectivity index (χ4v) is 4.86. The van der Waals surface area contributed by atoms with E-state index in [-0.39, 0.29) is 24.8 Å². The zero-order chi connectivity index (χ0) is 30.3. The molecule has 0 aliphatic carbocycles. The lowest BCUT2D eigenvalue weighted by atomic mass is 10.00. The summed E-state index contributed by atoms with van der Waals surface area (Å²) in [4.78, 5) is 54.6. The minimum atomic E-state index is -0.918. The number of rotatable bonds is 15. The number of hydrogen-bond donors (Lipinski definition) is 3. The molecule has 2 aromatic rings. The molecule has 0 radical (unpaired) electrons. The largest absolute Gasteiger partial charge is 0.467 e. The second-order valence-electron chi connectivity index (χ2n) is 11.0. The van der Waals surface area contributed by atoms with Crippen LogP contribution in [0.2, 0.25) is 0 Å². The molecule has 3 N–H and O–H groups in total. The van der Waals surface area contributed by atoms with E-state index >= 15 is 0 Å². The topological polar surface area (TPSA) is 126 Å². The van der Waals surface area contributed by atoms with Gasteiger partial charge in [0.1, 0.15) is 18.1 Å². The van der Waals surface area contributed by atoms with E-state index in [9.17, 15) is 19.2 Å². The van der Waals surface area contributed by atoms with E-state index in [4.69, 9.17) is 9.47 Å². The number of ether oxygens (including phenoxy) is 2. The van der Waals surface area contributed by atoms with Crippen molar-refractivity contribution in [1.29, 1.82) is 0 Å². The number of nitrogens with one attached hydrogen (secondary N) is 3. The summed E-state index contributed by atoms with van der Waals surface area (Å²) in [5, 5.41) is 8.55. The maximum absolute atomic E-state index is 13.6. The zero-order valence-electron chi connectivity index (χ0n) is 24.8. The zero-order valence-corrected chi connectivity index (χ0v) is 24.8. The van der Waals surface area contributed by atoms with Crippen LogP contribution in [-0.2, 0) is 41.5 Å². The van der Waals surface area contributed by atoms with E-state index < -0.39 is 35.9 Å². The molecule has 1 aliphatic rings. The van der Waals surface area contributed by atoms with E-state index in [1.54, 1.807) is 0 Å². The summed E-state index contributed by atoms with van der Waals surface area (Å²) in [5.41, 5.74) is 1.90. The van der Waals surface area contributed by atoms with Gasteiger partial charge in [-0.15, -0.1) is 0 Å². The van der Waals surface area contributed by atoms with Crippen molar-refractivity contribution in [3.05, 3.63) is 71.8 Å². The second-order valence-corrected chi connectivity index (χ2v) is 11.0. The van der Waals surface area contributed by atoms with Crippen molar-refractivity contribution in [2.45, 2.75) is 57.7 Å². The van der Waals surface area contributed by atoms with Crippen molar-refractivity contribution >= 4 is 23.7 Å². The highest BCUT2D eigenvalue weighted by Crippen LogP contribution is 2.11. The van der Waals surface area contributed by atoms with Crippen molar-refractivity contribution in [2.24, 2.45) is 5.92 Å². The van der Waals surface area contributed by atoms with Crippen LogP contribution in [0.3, 0.4) is 0 Å². The number of nitrogens with zero attached hydrogens (tertiary/aromatic N) is 1. The first kappa shape index (κ1) is 32.8. The molecule has 10 heteroatoms. The summed E-state index contributed by atoms with van der Waals surface area (Å²) < 4.78 is 10.3. The van der Waals surface area contributed by atoms with E-state index in [1.807, 2.05) is 79.4 Å². The number of aryl methyl sites for hydroxylation is 1. The van der Waals surface area contributed by atoms with Crippen LogP contribution in [0.4, 0.5) is 0 Å². The third-order valence-corrected chi connectivity index (χ3v) is 7.11. The molecule has 3 rings (SSSR count). The molecule has 0 aromatic heterocycles. The number of benzene rings is 2. The molecule has 0 bridgehead atoms. The van der Waals surface area contributed by atoms with Gasteiger partial charge in [-0.3, -0.25) is 19.3 Å². The molecule has 42 heavy (non-hydrogen) atoms. The molecular formula is C32H44N4O6. The maximum atomic E-state index is 13.6.